The van der Waals surface area contributed by atoms with Gasteiger partial charge in [-0.2, -0.15) is 0 Å². The van der Waals surface area contributed by atoms with E-state index in [2.05, 4.69) is 0 Å². The zero-order chi connectivity index (χ0) is 20.8. The molecule has 0 aliphatic carbocycles. The van der Waals surface area contributed by atoms with Crippen molar-refractivity contribution in [1.82, 2.24) is 0 Å². The fourth-order valence-corrected chi connectivity index (χ4v) is 5.19. The van der Waals surface area contributed by atoms with E-state index >= 15 is 0 Å². The molecule has 8 nitrogen and oxygen atoms in total. The van der Waals surface area contributed by atoms with Gasteiger partial charge in [-0.15, -0.1) is 0 Å². The highest BCUT2D eigenvalue weighted by atomic mass is 33.1. The third kappa shape index (κ3) is 4.84. The van der Waals surface area contributed by atoms with Gasteiger partial charge in [0.15, 0.2) is 0 Å². The number of carboxylic acid groups (broad SMARTS) is 4. The average molecular weight is 422 g/mol. The molecule has 2 aromatic carbocycles. The molecular formula is C18H14O8S2. The first-order valence-electron chi connectivity index (χ1n) is 7.66. The lowest BCUT2D eigenvalue weighted by molar-refractivity contribution is -0.137. The maximum Gasteiger partial charge on any atom is 0.336 e. The van der Waals surface area contributed by atoms with E-state index in [0.717, 1.165) is 0 Å². The summed E-state index contributed by atoms with van der Waals surface area (Å²) < 4.78 is 0. The monoisotopic (exact) mass is 422 g/mol. The number of rotatable bonds is 9. The van der Waals surface area contributed by atoms with Crippen molar-refractivity contribution in [2.24, 2.45) is 0 Å². The van der Waals surface area contributed by atoms with Gasteiger partial charge in [-0.25, -0.2) is 9.59 Å². The van der Waals surface area contributed by atoms with Crippen LogP contribution >= 0.6 is 21.6 Å². The lowest BCUT2D eigenvalue weighted by Gasteiger charge is -2.18. The summed E-state index contributed by atoms with van der Waals surface area (Å²) in [6, 6.07) is 11.1. The van der Waals surface area contributed by atoms with Gasteiger partial charge in [-0.1, -0.05) is 58.0 Å². The van der Waals surface area contributed by atoms with Crippen molar-refractivity contribution in [2.75, 3.05) is 0 Å². The third-order valence-electron chi connectivity index (χ3n) is 3.64. The fraction of sp³-hybridized carbons (Fsp3) is 0.111. The van der Waals surface area contributed by atoms with E-state index in [4.69, 9.17) is 0 Å². The molecule has 0 aliphatic heterocycles. The van der Waals surface area contributed by atoms with Crippen molar-refractivity contribution in [3.05, 3.63) is 70.8 Å². The topological polar surface area (TPSA) is 149 Å². The minimum Gasteiger partial charge on any atom is -0.480 e. The van der Waals surface area contributed by atoms with Crippen molar-refractivity contribution >= 4 is 45.5 Å². The van der Waals surface area contributed by atoms with Gasteiger partial charge >= 0.3 is 23.9 Å². The Balaban J connectivity index is 2.37. The summed E-state index contributed by atoms with van der Waals surface area (Å²) in [4.78, 5) is 46.1. The Labute approximate surface area is 166 Å². The Morgan fingerprint density at radius 2 is 0.929 bits per heavy atom. The van der Waals surface area contributed by atoms with E-state index in [1.165, 1.54) is 48.5 Å². The maximum absolute atomic E-state index is 11.7. The van der Waals surface area contributed by atoms with E-state index < -0.39 is 34.4 Å². The summed E-state index contributed by atoms with van der Waals surface area (Å²) in [6.45, 7) is 0. The van der Waals surface area contributed by atoms with Gasteiger partial charge in [-0.3, -0.25) is 9.59 Å². The second-order valence-corrected chi connectivity index (χ2v) is 7.90. The highest BCUT2D eigenvalue weighted by molar-refractivity contribution is 8.77. The quantitative estimate of drug-likeness (QED) is 0.443. The number of aliphatic carboxylic acids is 2. The van der Waals surface area contributed by atoms with Gasteiger partial charge in [0.05, 0.1) is 11.1 Å². The van der Waals surface area contributed by atoms with Gasteiger partial charge < -0.3 is 20.4 Å². The minimum atomic E-state index is -1.36. The molecule has 0 radical (unpaired) electrons. The first-order valence-corrected chi connectivity index (χ1v) is 9.93. The number of hydrogen-bond donors (Lipinski definition) is 4. The van der Waals surface area contributed by atoms with Gasteiger partial charge in [-0.05, 0) is 23.3 Å². The summed E-state index contributed by atoms with van der Waals surface area (Å²) in [5, 5.41) is 34.9. The van der Waals surface area contributed by atoms with Crippen LogP contribution in [-0.4, -0.2) is 44.3 Å². The molecule has 0 heterocycles. The average Bonchev–Trinajstić information content (AvgIpc) is 2.64. The summed E-state index contributed by atoms with van der Waals surface area (Å²) in [5.41, 5.74) is -0.395. The SMILES string of the molecule is O=C(O)c1ccccc1C(SSC(C(=O)O)c1ccccc1C(=O)O)C(=O)O. The molecule has 0 saturated heterocycles. The zero-order valence-electron chi connectivity index (χ0n) is 14.0. The first kappa shape index (κ1) is 21.3. The number of benzene rings is 2. The summed E-state index contributed by atoms with van der Waals surface area (Å²) in [7, 11) is 1.29. The van der Waals surface area contributed by atoms with Crippen LogP contribution in [-0.2, 0) is 9.59 Å². The smallest absolute Gasteiger partial charge is 0.336 e. The van der Waals surface area contributed by atoms with E-state index in [0.29, 0.717) is 21.6 Å². The molecule has 0 bridgehead atoms. The number of aromatic carboxylic acids is 2. The Morgan fingerprint density at radius 1 is 0.607 bits per heavy atom. The van der Waals surface area contributed by atoms with Gasteiger partial charge in [0.2, 0.25) is 0 Å². The summed E-state index contributed by atoms with van der Waals surface area (Å²) in [6.07, 6.45) is 0. The standard InChI is InChI=1S/C18H14O8S2/c19-15(20)11-7-3-1-5-9(11)13(17(23)24)27-28-14(18(25)26)10-6-2-4-8-12(10)16(21)22/h1-8,13-14H,(H,19,20)(H,21,22)(H,23,24)(H,25,26). The Bertz CT molecular complexity index is 852. The molecular weight excluding hydrogens is 408 g/mol. The number of hydrogen-bond acceptors (Lipinski definition) is 6. The van der Waals surface area contributed by atoms with Crippen LogP contribution in [0.15, 0.2) is 48.5 Å². The van der Waals surface area contributed by atoms with Crippen LogP contribution in [0.5, 0.6) is 0 Å². The van der Waals surface area contributed by atoms with Crippen LogP contribution in [0.25, 0.3) is 0 Å². The van der Waals surface area contributed by atoms with Crippen molar-refractivity contribution in [3.63, 3.8) is 0 Å². The Hall–Kier alpha value is -2.98. The lowest BCUT2D eigenvalue weighted by atomic mass is 10.0. The maximum atomic E-state index is 11.7. The summed E-state index contributed by atoms with van der Waals surface area (Å²) in [5.74, 6) is -5.30. The van der Waals surface area contributed by atoms with Crippen molar-refractivity contribution in [1.29, 1.82) is 0 Å². The zero-order valence-corrected chi connectivity index (χ0v) is 15.6. The second-order valence-electron chi connectivity index (χ2n) is 5.41. The van der Waals surface area contributed by atoms with E-state index in [1.54, 1.807) is 0 Å². The van der Waals surface area contributed by atoms with Crippen LogP contribution in [0, 0.1) is 0 Å². The predicted octanol–water partition coefficient (Wildman–Crippen LogP) is 3.42. The Kier molecular flexibility index (Phi) is 7.07. The van der Waals surface area contributed by atoms with Crippen LogP contribution in [0.1, 0.15) is 42.3 Å². The summed E-state index contributed by atoms with van der Waals surface area (Å²) >= 11 is 0. The highest BCUT2D eigenvalue weighted by Crippen LogP contribution is 2.47. The van der Waals surface area contributed by atoms with Gasteiger partial charge in [0.1, 0.15) is 10.5 Å². The molecule has 10 heteroatoms. The molecule has 4 N–H and O–H groups in total. The second kappa shape index (κ2) is 9.29. The largest absolute Gasteiger partial charge is 0.480 e. The molecule has 0 amide bonds. The van der Waals surface area contributed by atoms with Crippen LogP contribution in [0.3, 0.4) is 0 Å². The Morgan fingerprint density at radius 3 is 1.21 bits per heavy atom. The van der Waals surface area contributed by atoms with Crippen molar-refractivity contribution < 1.29 is 39.6 Å². The van der Waals surface area contributed by atoms with E-state index in [-0.39, 0.29) is 22.3 Å². The molecule has 0 fully saturated rings. The van der Waals surface area contributed by atoms with Crippen LogP contribution in [0.2, 0.25) is 0 Å². The molecule has 0 saturated carbocycles. The number of carbonyl (C=O) groups is 4. The fourth-order valence-electron chi connectivity index (χ4n) is 2.40. The van der Waals surface area contributed by atoms with Crippen LogP contribution in [0.4, 0.5) is 0 Å². The molecule has 2 unspecified atom stereocenters. The molecule has 146 valence electrons. The molecule has 0 aliphatic rings. The molecule has 2 atom stereocenters. The van der Waals surface area contributed by atoms with E-state index in [1.807, 2.05) is 0 Å². The molecule has 2 aromatic rings. The minimum absolute atomic E-state index is 0.00987. The third-order valence-corrected chi connectivity index (χ3v) is 6.54. The lowest BCUT2D eigenvalue weighted by Crippen LogP contribution is -2.15. The molecule has 0 aromatic heterocycles. The normalized spacial score (nSPS) is 12.7. The molecule has 28 heavy (non-hydrogen) atoms. The van der Waals surface area contributed by atoms with Gasteiger partial charge in [0.25, 0.3) is 0 Å². The predicted molar refractivity (Wildman–Crippen MR) is 103 cm³/mol. The van der Waals surface area contributed by atoms with Gasteiger partial charge in [0, 0.05) is 0 Å². The van der Waals surface area contributed by atoms with Crippen molar-refractivity contribution in [2.45, 2.75) is 10.5 Å². The van der Waals surface area contributed by atoms with Crippen molar-refractivity contribution in [3.8, 4) is 0 Å². The molecule has 2 rings (SSSR count). The number of carboxylic acids is 4. The molecule has 0 spiro atoms. The highest BCUT2D eigenvalue weighted by Gasteiger charge is 2.31. The first-order chi connectivity index (χ1) is 13.2. The van der Waals surface area contributed by atoms with Crippen LogP contribution < -0.4 is 0 Å². The van der Waals surface area contributed by atoms with E-state index in [9.17, 15) is 39.6 Å².